The van der Waals surface area contributed by atoms with Crippen molar-refractivity contribution in [1.29, 1.82) is 5.26 Å². The molecule has 114 valence electrons. The number of rotatable bonds is 1. The molecule has 2 nitrogen and oxygen atoms in total. The van der Waals surface area contributed by atoms with Gasteiger partial charge in [0.25, 0.3) is 0 Å². The van der Waals surface area contributed by atoms with Crippen LogP contribution in [0.5, 0.6) is 0 Å². The first-order valence-electron chi connectivity index (χ1n) is 7.64. The minimum Gasteiger partial charge on any atom is -0.349 e. The fraction of sp³-hybridized carbons (Fsp3) is 0.444. The second kappa shape index (κ2) is 5.64. The van der Waals surface area contributed by atoms with Gasteiger partial charge in [0.05, 0.1) is 5.56 Å². The number of aromatic amines is 1. The van der Waals surface area contributed by atoms with Crippen LogP contribution in [-0.2, 0) is 12.8 Å². The van der Waals surface area contributed by atoms with E-state index in [1.807, 2.05) is 6.07 Å². The number of aromatic nitrogens is 1. The van der Waals surface area contributed by atoms with E-state index in [1.165, 1.54) is 17.7 Å². The summed E-state index contributed by atoms with van der Waals surface area (Å²) in [5.74, 6) is 0.648. The van der Waals surface area contributed by atoms with Crippen molar-refractivity contribution >= 4 is 23.6 Å². The number of nitrogens with one attached hydrogen (secondary N) is 1. The molecule has 0 spiro atoms. The van der Waals surface area contributed by atoms with Gasteiger partial charge in [0.1, 0.15) is 10.7 Å². The summed E-state index contributed by atoms with van der Waals surface area (Å²) in [6.45, 7) is 6.92. The average Bonchev–Trinajstić information content (AvgIpc) is 2.98. The Balaban J connectivity index is 2.19. The van der Waals surface area contributed by atoms with Crippen molar-refractivity contribution in [2.45, 2.75) is 40.0 Å². The molecule has 0 saturated heterocycles. The molecule has 2 heterocycles. The molecule has 1 atom stereocenters. The molecule has 2 aromatic rings. The molecule has 2 aromatic heterocycles. The summed E-state index contributed by atoms with van der Waals surface area (Å²) >= 11 is 7.14. The van der Waals surface area contributed by atoms with Crippen LogP contribution < -0.4 is 0 Å². The molecule has 0 radical (unpaired) electrons. The lowest BCUT2D eigenvalue weighted by atomic mass is 9.71. The van der Waals surface area contributed by atoms with Crippen LogP contribution in [0.4, 0.5) is 0 Å². The van der Waals surface area contributed by atoms with Crippen molar-refractivity contribution in [3.05, 3.63) is 39.0 Å². The molecule has 0 aliphatic heterocycles. The van der Waals surface area contributed by atoms with E-state index in [-0.39, 0.29) is 0 Å². The first-order valence-corrected chi connectivity index (χ1v) is 8.92. The summed E-state index contributed by atoms with van der Waals surface area (Å²) in [5, 5.41) is 11.6. The number of H-pyrrole nitrogens is 1. The SMILES string of the molecule is CC(C)(C)[C@@H]1CCc2c([nH]c(=S)c(C#N)c2-c2cccs2)C1. The van der Waals surface area contributed by atoms with Crippen molar-refractivity contribution in [3.8, 4) is 16.5 Å². The predicted octanol–water partition coefficient (Wildman–Crippen LogP) is 5.50. The van der Waals surface area contributed by atoms with Gasteiger partial charge in [0, 0.05) is 16.1 Å². The van der Waals surface area contributed by atoms with Crippen molar-refractivity contribution in [2.75, 3.05) is 0 Å². The highest BCUT2D eigenvalue weighted by Crippen LogP contribution is 2.41. The third kappa shape index (κ3) is 2.64. The van der Waals surface area contributed by atoms with Crippen LogP contribution in [0.1, 0.15) is 44.0 Å². The second-order valence-corrected chi connectivity index (χ2v) is 8.41. The van der Waals surface area contributed by atoms with Crippen LogP contribution in [0.15, 0.2) is 17.5 Å². The lowest BCUT2D eigenvalue weighted by Crippen LogP contribution is -2.28. The molecule has 1 aliphatic carbocycles. The quantitative estimate of drug-likeness (QED) is 0.703. The molecular weight excluding hydrogens is 308 g/mol. The maximum atomic E-state index is 9.55. The molecule has 3 rings (SSSR count). The number of nitriles is 1. The smallest absolute Gasteiger partial charge is 0.122 e. The Labute approximate surface area is 140 Å². The second-order valence-electron chi connectivity index (χ2n) is 7.06. The number of pyridine rings is 1. The van der Waals surface area contributed by atoms with E-state index in [0.29, 0.717) is 21.5 Å². The predicted molar refractivity (Wildman–Crippen MR) is 94.6 cm³/mol. The minimum atomic E-state index is 0.296. The highest BCUT2D eigenvalue weighted by Gasteiger charge is 2.31. The van der Waals surface area contributed by atoms with Gasteiger partial charge in [-0.05, 0) is 47.6 Å². The molecule has 0 unspecified atom stereocenters. The maximum Gasteiger partial charge on any atom is 0.122 e. The van der Waals surface area contributed by atoms with E-state index in [0.717, 1.165) is 23.3 Å². The summed E-state index contributed by atoms with van der Waals surface area (Å²) in [7, 11) is 0. The molecule has 0 saturated carbocycles. The molecular formula is C18H20N2S2. The van der Waals surface area contributed by atoms with Crippen molar-refractivity contribution in [2.24, 2.45) is 11.3 Å². The van der Waals surface area contributed by atoms with E-state index in [4.69, 9.17) is 12.2 Å². The molecule has 1 aliphatic rings. The van der Waals surface area contributed by atoms with Gasteiger partial charge in [-0.1, -0.05) is 39.1 Å². The Bertz CT molecular complexity index is 786. The van der Waals surface area contributed by atoms with Crippen LogP contribution in [0.3, 0.4) is 0 Å². The Morgan fingerprint density at radius 2 is 2.18 bits per heavy atom. The Kier molecular flexibility index (Phi) is 3.96. The number of hydrogen-bond acceptors (Lipinski definition) is 3. The zero-order chi connectivity index (χ0) is 15.9. The van der Waals surface area contributed by atoms with E-state index in [9.17, 15) is 5.26 Å². The number of fused-ring (bicyclic) bond motifs is 1. The van der Waals surface area contributed by atoms with Crippen LogP contribution in [-0.4, -0.2) is 4.98 Å². The van der Waals surface area contributed by atoms with E-state index >= 15 is 0 Å². The summed E-state index contributed by atoms with van der Waals surface area (Å²) in [6, 6.07) is 6.44. The van der Waals surface area contributed by atoms with E-state index in [1.54, 1.807) is 11.3 Å². The molecule has 0 bridgehead atoms. The zero-order valence-corrected chi connectivity index (χ0v) is 14.8. The Morgan fingerprint density at radius 3 is 2.77 bits per heavy atom. The average molecular weight is 329 g/mol. The first-order chi connectivity index (χ1) is 10.4. The van der Waals surface area contributed by atoms with E-state index < -0.39 is 0 Å². The van der Waals surface area contributed by atoms with Crippen LogP contribution in [0, 0.1) is 27.3 Å². The number of hydrogen-bond donors (Lipinski definition) is 1. The van der Waals surface area contributed by atoms with Gasteiger partial charge in [-0.25, -0.2) is 0 Å². The molecule has 1 N–H and O–H groups in total. The fourth-order valence-electron chi connectivity index (χ4n) is 3.35. The van der Waals surface area contributed by atoms with Crippen LogP contribution >= 0.6 is 23.6 Å². The standard InChI is InChI=1S/C18H20N2S2/c1-18(2,3)11-6-7-12-14(9-11)20-17(21)13(10-19)16(12)15-5-4-8-22-15/h4-5,8,11H,6-7,9H2,1-3H3,(H,20,21)/t11-/m1/s1. The van der Waals surface area contributed by atoms with Gasteiger partial charge in [-0.2, -0.15) is 5.26 Å². The zero-order valence-electron chi connectivity index (χ0n) is 13.2. The first kappa shape index (κ1) is 15.5. The van der Waals surface area contributed by atoms with Crippen molar-refractivity contribution in [1.82, 2.24) is 4.98 Å². The lowest BCUT2D eigenvalue weighted by molar-refractivity contribution is 0.214. The van der Waals surface area contributed by atoms with Crippen molar-refractivity contribution < 1.29 is 0 Å². The van der Waals surface area contributed by atoms with Gasteiger partial charge < -0.3 is 4.98 Å². The van der Waals surface area contributed by atoms with Crippen LogP contribution in [0.25, 0.3) is 10.4 Å². The van der Waals surface area contributed by atoms with Gasteiger partial charge in [-0.15, -0.1) is 11.3 Å². The third-order valence-corrected chi connectivity index (χ3v) is 5.90. The molecule has 4 heteroatoms. The molecule has 0 fully saturated rings. The summed E-state index contributed by atoms with van der Waals surface area (Å²) in [4.78, 5) is 4.50. The summed E-state index contributed by atoms with van der Waals surface area (Å²) < 4.78 is 0.583. The summed E-state index contributed by atoms with van der Waals surface area (Å²) in [5.41, 5.74) is 4.53. The maximum absolute atomic E-state index is 9.55. The molecule has 0 amide bonds. The lowest BCUT2D eigenvalue weighted by Gasteiger charge is -2.35. The molecule has 22 heavy (non-hydrogen) atoms. The van der Waals surface area contributed by atoms with E-state index in [2.05, 4.69) is 43.3 Å². The minimum absolute atomic E-state index is 0.296. The Morgan fingerprint density at radius 1 is 1.41 bits per heavy atom. The van der Waals surface area contributed by atoms with Crippen molar-refractivity contribution in [3.63, 3.8) is 0 Å². The normalized spacial score (nSPS) is 17.8. The third-order valence-electron chi connectivity index (χ3n) is 4.70. The highest BCUT2D eigenvalue weighted by molar-refractivity contribution is 7.71. The van der Waals surface area contributed by atoms with Gasteiger partial charge in [-0.3, -0.25) is 0 Å². The van der Waals surface area contributed by atoms with Gasteiger partial charge in [0.15, 0.2) is 0 Å². The fourth-order valence-corrected chi connectivity index (χ4v) is 4.42. The Hall–Kier alpha value is -1.44. The largest absolute Gasteiger partial charge is 0.349 e. The highest BCUT2D eigenvalue weighted by atomic mass is 32.1. The number of nitrogens with zero attached hydrogens (tertiary/aromatic N) is 1. The topological polar surface area (TPSA) is 39.6 Å². The summed E-state index contributed by atoms with van der Waals surface area (Å²) in [6.07, 6.45) is 3.21. The number of thiophene rings is 1. The van der Waals surface area contributed by atoms with Gasteiger partial charge >= 0.3 is 0 Å². The van der Waals surface area contributed by atoms with Gasteiger partial charge in [0.2, 0.25) is 0 Å². The molecule has 0 aromatic carbocycles. The monoisotopic (exact) mass is 328 g/mol. The van der Waals surface area contributed by atoms with Crippen LogP contribution in [0.2, 0.25) is 0 Å².